The van der Waals surface area contributed by atoms with Crippen molar-refractivity contribution >= 4 is 23.2 Å². The molecule has 1 aromatic heterocycles. The fourth-order valence-corrected chi connectivity index (χ4v) is 3.54. The van der Waals surface area contributed by atoms with Gasteiger partial charge in [0.25, 0.3) is 0 Å². The lowest BCUT2D eigenvalue weighted by Crippen LogP contribution is -2.48. The summed E-state index contributed by atoms with van der Waals surface area (Å²) in [5, 5.41) is 6.44. The van der Waals surface area contributed by atoms with Gasteiger partial charge < -0.3 is 15.5 Å². The molecule has 2 aliphatic heterocycles. The molecule has 1 fully saturated rings. The molecule has 1 aromatic carbocycles. The van der Waals surface area contributed by atoms with Crippen LogP contribution in [-0.2, 0) is 0 Å². The zero-order valence-electron chi connectivity index (χ0n) is 14.2. The smallest absolute Gasteiger partial charge is 0.322 e. The second-order valence-electron chi connectivity index (χ2n) is 6.52. The maximum atomic E-state index is 12.7. The van der Waals surface area contributed by atoms with Gasteiger partial charge in [0.15, 0.2) is 0 Å². The van der Waals surface area contributed by atoms with Gasteiger partial charge in [-0.25, -0.2) is 9.78 Å². The lowest BCUT2D eigenvalue weighted by atomic mass is 10.1. The number of anilines is 3. The summed E-state index contributed by atoms with van der Waals surface area (Å²) in [6.07, 6.45) is 2.93. The van der Waals surface area contributed by atoms with Crippen molar-refractivity contribution in [1.82, 2.24) is 15.6 Å². The van der Waals surface area contributed by atoms with Crippen molar-refractivity contribution in [3.05, 3.63) is 48.7 Å². The summed E-state index contributed by atoms with van der Waals surface area (Å²) in [4.78, 5) is 21.2. The molecule has 1 saturated heterocycles. The summed E-state index contributed by atoms with van der Waals surface area (Å²) < 4.78 is 0. The molecule has 6 nitrogen and oxygen atoms in total. The van der Waals surface area contributed by atoms with Gasteiger partial charge in [0.2, 0.25) is 0 Å². The molecule has 2 amide bonds. The van der Waals surface area contributed by atoms with E-state index in [1.165, 1.54) is 0 Å². The Balaban J connectivity index is 1.53. The molecule has 0 bridgehead atoms. The Bertz CT molecular complexity index is 730. The number of fused-ring (bicyclic) bond motifs is 1. The van der Waals surface area contributed by atoms with Crippen LogP contribution in [0.3, 0.4) is 0 Å². The number of amides is 2. The molecule has 4 rings (SSSR count). The highest BCUT2D eigenvalue weighted by atomic mass is 16.2. The summed E-state index contributed by atoms with van der Waals surface area (Å²) >= 11 is 0. The minimum absolute atomic E-state index is 0.0139. The van der Waals surface area contributed by atoms with Crippen LogP contribution in [-0.4, -0.2) is 43.7 Å². The number of nitrogens with one attached hydrogen (secondary N) is 2. The molecule has 0 aliphatic carbocycles. The number of rotatable bonds is 3. The first kappa shape index (κ1) is 15.9. The standard InChI is InChI=1S/C19H23N5O/c25-19(22-14-15-8-10-20-13-15)24-12-11-23(18-7-3-4-9-21-18)16-5-1-2-6-17(16)24/h1-7,9,15,20H,8,10-14H2,(H,22,25)/t15-/m1/s1. The van der Waals surface area contributed by atoms with Gasteiger partial charge in [0.1, 0.15) is 5.82 Å². The fraction of sp³-hybridized carbons (Fsp3) is 0.368. The third kappa shape index (κ3) is 3.30. The molecular weight excluding hydrogens is 314 g/mol. The van der Waals surface area contributed by atoms with E-state index in [1.54, 1.807) is 6.20 Å². The van der Waals surface area contributed by atoms with E-state index < -0.39 is 0 Å². The van der Waals surface area contributed by atoms with Gasteiger partial charge in [0, 0.05) is 25.8 Å². The summed E-state index contributed by atoms with van der Waals surface area (Å²) in [7, 11) is 0. The first-order valence-corrected chi connectivity index (χ1v) is 8.86. The van der Waals surface area contributed by atoms with E-state index in [0.29, 0.717) is 12.5 Å². The lowest BCUT2D eigenvalue weighted by molar-refractivity contribution is 0.244. The molecule has 6 heteroatoms. The van der Waals surface area contributed by atoms with E-state index in [2.05, 4.69) is 20.5 Å². The maximum absolute atomic E-state index is 12.7. The third-order valence-electron chi connectivity index (χ3n) is 4.89. The third-order valence-corrected chi connectivity index (χ3v) is 4.89. The average Bonchev–Trinajstić information content (AvgIpc) is 3.19. The zero-order valence-corrected chi connectivity index (χ0v) is 14.2. The van der Waals surface area contributed by atoms with Crippen LogP contribution in [0.1, 0.15) is 6.42 Å². The predicted molar refractivity (Wildman–Crippen MR) is 99.4 cm³/mol. The summed E-state index contributed by atoms with van der Waals surface area (Å²) in [6.45, 7) is 4.14. The van der Waals surface area contributed by atoms with Crippen LogP contribution >= 0.6 is 0 Å². The van der Waals surface area contributed by atoms with Crippen molar-refractivity contribution in [3.63, 3.8) is 0 Å². The highest BCUT2D eigenvalue weighted by Crippen LogP contribution is 2.36. The quantitative estimate of drug-likeness (QED) is 0.903. The van der Waals surface area contributed by atoms with Gasteiger partial charge in [0.05, 0.1) is 11.4 Å². The van der Waals surface area contributed by atoms with Crippen LogP contribution in [0.5, 0.6) is 0 Å². The van der Waals surface area contributed by atoms with Crippen molar-refractivity contribution in [1.29, 1.82) is 0 Å². The van der Waals surface area contributed by atoms with Crippen molar-refractivity contribution in [2.75, 3.05) is 42.5 Å². The van der Waals surface area contributed by atoms with Gasteiger partial charge >= 0.3 is 6.03 Å². The van der Waals surface area contributed by atoms with E-state index in [1.807, 2.05) is 47.4 Å². The summed E-state index contributed by atoms with van der Waals surface area (Å²) in [5.41, 5.74) is 1.95. The normalized spacial score (nSPS) is 19.6. The molecule has 130 valence electrons. The Kier molecular flexibility index (Phi) is 4.52. The number of nitrogens with zero attached hydrogens (tertiary/aromatic N) is 3. The number of carbonyl (C=O) groups is 1. The molecule has 25 heavy (non-hydrogen) atoms. The number of urea groups is 1. The Hall–Kier alpha value is -2.60. The van der Waals surface area contributed by atoms with E-state index in [0.717, 1.165) is 49.8 Å². The van der Waals surface area contributed by atoms with Gasteiger partial charge in [-0.3, -0.25) is 4.90 Å². The predicted octanol–water partition coefficient (Wildman–Crippen LogP) is 2.36. The molecule has 2 N–H and O–H groups in total. The van der Waals surface area contributed by atoms with E-state index in [9.17, 15) is 4.79 Å². The lowest BCUT2D eigenvalue weighted by Gasteiger charge is -2.37. The Labute approximate surface area is 147 Å². The monoisotopic (exact) mass is 337 g/mol. The minimum Gasteiger partial charge on any atom is -0.337 e. The van der Waals surface area contributed by atoms with Gasteiger partial charge in [-0.05, 0) is 49.7 Å². The molecule has 0 saturated carbocycles. The molecular formula is C19H23N5O. The van der Waals surface area contributed by atoms with E-state index >= 15 is 0 Å². The summed E-state index contributed by atoms with van der Waals surface area (Å²) in [5.74, 6) is 1.45. The van der Waals surface area contributed by atoms with Crippen molar-refractivity contribution in [3.8, 4) is 0 Å². The summed E-state index contributed by atoms with van der Waals surface area (Å²) in [6, 6.07) is 13.9. The number of carbonyl (C=O) groups excluding carboxylic acids is 1. The number of benzene rings is 1. The number of aromatic nitrogens is 1. The van der Waals surface area contributed by atoms with Crippen LogP contribution in [0.25, 0.3) is 0 Å². The Morgan fingerprint density at radius 1 is 1.16 bits per heavy atom. The Morgan fingerprint density at radius 3 is 2.76 bits per heavy atom. The first-order chi connectivity index (χ1) is 12.3. The van der Waals surface area contributed by atoms with Crippen LogP contribution in [0.15, 0.2) is 48.7 Å². The molecule has 2 aromatic rings. The van der Waals surface area contributed by atoms with Crippen LogP contribution in [0.2, 0.25) is 0 Å². The zero-order chi connectivity index (χ0) is 17.1. The molecule has 2 aliphatic rings. The number of hydrogen-bond acceptors (Lipinski definition) is 4. The average molecular weight is 337 g/mol. The van der Waals surface area contributed by atoms with Crippen LogP contribution in [0.4, 0.5) is 22.0 Å². The van der Waals surface area contributed by atoms with Crippen LogP contribution < -0.4 is 20.4 Å². The SMILES string of the molecule is O=C(NC[C@@H]1CCNC1)N1CCN(c2ccccn2)c2ccccc21. The van der Waals surface area contributed by atoms with Gasteiger partial charge in [-0.15, -0.1) is 0 Å². The molecule has 1 atom stereocenters. The second kappa shape index (κ2) is 7.11. The highest BCUT2D eigenvalue weighted by Gasteiger charge is 2.28. The van der Waals surface area contributed by atoms with Crippen LogP contribution in [0, 0.1) is 5.92 Å². The largest absolute Gasteiger partial charge is 0.337 e. The number of pyridine rings is 1. The van der Waals surface area contributed by atoms with Crippen molar-refractivity contribution in [2.24, 2.45) is 5.92 Å². The molecule has 0 unspecified atom stereocenters. The van der Waals surface area contributed by atoms with Crippen molar-refractivity contribution < 1.29 is 4.79 Å². The first-order valence-electron chi connectivity index (χ1n) is 8.86. The van der Waals surface area contributed by atoms with Gasteiger partial charge in [-0.1, -0.05) is 18.2 Å². The highest BCUT2D eigenvalue weighted by molar-refractivity contribution is 5.97. The number of hydrogen-bond donors (Lipinski definition) is 2. The Morgan fingerprint density at radius 2 is 2.00 bits per heavy atom. The fourth-order valence-electron chi connectivity index (χ4n) is 3.54. The molecule has 0 spiro atoms. The van der Waals surface area contributed by atoms with Gasteiger partial charge in [-0.2, -0.15) is 0 Å². The van der Waals surface area contributed by atoms with E-state index in [4.69, 9.17) is 0 Å². The molecule has 3 heterocycles. The second-order valence-corrected chi connectivity index (χ2v) is 6.52. The van der Waals surface area contributed by atoms with Crippen molar-refractivity contribution in [2.45, 2.75) is 6.42 Å². The number of para-hydroxylation sites is 2. The minimum atomic E-state index is -0.0139. The van der Waals surface area contributed by atoms with E-state index in [-0.39, 0.29) is 6.03 Å². The maximum Gasteiger partial charge on any atom is 0.322 e. The molecule has 0 radical (unpaired) electrons. The topological polar surface area (TPSA) is 60.5 Å².